The van der Waals surface area contributed by atoms with Crippen molar-refractivity contribution in [2.24, 2.45) is 5.92 Å². The Morgan fingerprint density at radius 3 is 1.75 bits per heavy atom. The molecule has 0 saturated heterocycles. The van der Waals surface area contributed by atoms with Gasteiger partial charge in [0.25, 0.3) is 5.91 Å². The maximum atomic E-state index is 12.3. The van der Waals surface area contributed by atoms with Crippen LogP contribution < -0.4 is 5.32 Å². The first kappa shape index (κ1) is 16.2. The molecular weight excluding hydrogens is 254 g/mol. The molecule has 2 N–H and O–H groups in total. The lowest BCUT2D eigenvalue weighted by atomic mass is 9.89. The summed E-state index contributed by atoms with van der Waals surface area (Å²) < 4.78 is 0. The highest BCUT2D eigenvalue weighted by Crippen LogP contribution is 2.25. The smallest absolute Gasteiger partial charge is 0.308 e. The van der Waals surface area contributed by atoms with E-state index in [9.17, 15) is 9.59 Å². The third kappa shape index (κ3) is 3.00. The number of rotatable bonds is 4. The fourth-order valence-corrected chi connectivity index (χ4v) is 2.26. The molecule has 0 aliphatic carbocycles. The number of hydrogen-bond donors (Lipinski definition) is 2. The van der Waals surface area contributed by atoms with Gasteiger partial charge in [0, 0.05) is 12.1 Å². The van der Waals surface area contributed by atoms with Crippen LogP contribution in [-0.2, 0) is 4.79 Å². The van der Waals surface area contributed by atoms with Gasteiger partial charge in [-0.15, -0.1) is 0 Å². The van der Waals surface area contributed by atoms with Crippen LogP contribution in [0.25, 0.3) is 0 Å². The standard InChI is InChI=1S/C16H23NO3/c1-8(16(19)20)7-17-15(18)14-12(5)10(3)9(2)11(4)13(14)6/h8H,7H2,1-6H3,(H,17,18)(H,19,20). The molecule has 0 saturated carbocycles. The molecule has 1 rings (SSSR count). The number of nitrogens with one attached hydrogen (secondary N) is 1. The molecule has 4 heteroatoms. The Hall–Kier alpha value is -1.84. The summed E-state index contributed by atoms with van der Waals surface area (Å²) in [7, 11) is 0. The van der Waals surface area contributed by atoms with Crippen molar-refractivity contribution in [2.45, 2.75) is 41.5 Å². The van der Waals surface area contributed by atoms with Crippen molar-refractivity contribution in [3.8, 4) is 0 Å². The second kappa shape index (κ2) is 6.07. The molecule has 0 aliphatic heterocycles. The van der Waals surface area contributed by atoms with Gasteiger partial charge in [0.1, 0.15) is 0 Å². The van der Waals surface area contributed by atoms with Crippen molar-refractivity contribution < 1.29 is 14.7 Å². The SMILES string of the molecule is Cc1c(C)c(C)c(C(=O)NCC(C)C(=O)O)c(C)c1C. The number of benzene rings is 1. The average Bonchev–Trinajstić information content (AvgIpc) is 2.40. The summed E-state index contributed by atoms with van der Waals surface area (Å²) in [6.07, 6.45) is 0. The zero-order valence-electron chi connectivity index (χ0n) is 13.0. The molecule has 4 nitrogen and oxygen atoms in total. The monoisotopic (exact) mass is 277 g/mol. The van der Waals surface area contributed by atoms with Crippen LogP contribution in [0, 0.1) is 40.5 Å². The molecule has 0 bridgehead atoms. The average molecular weight is 277 g/mol. The van der Waals surface area contributed by atoms with Gasteiger partial charge in [-0.1, -0.05) is 6.92 Å². The van der Waals surface area contributed by atoms with E-state index in [-0.39, 0.29) is 12.5 Å². The predicted octanol–water partition coefficient (Wildman–Crippen LogP) is 2.68. The van der Waals surface area contributed by atoms with Gasteiger partial charge in [-0.05, 0) is 62.4 Å². The van der Waals surface area contributed by atoms with E-state index in [4.69, 9.17) is 5.11 Å². The highest BCUT2D eigenvalue weighted by Gasteiger charge is 2.19. The Kier molecular flexibility index (Phi) is 4.93. The molecule has 1 atom stereocenters. The van der Waals surface area contributed by atoms with Crippen LogP contribution in [-0.4, -0.2) is 23.5 Å². The summed E-state index contributed by atoms with van der Waals surface area (Å²) in [5.74, 6) is -1.69. The first-order valence-electron chi connectivity index (χ1n) is 6.76. The van der Waals surface area contributed by atoms with Crippen molar-refractivity contribution in [1.82, 2.24) is 5.32 Å². The van der Waals surface area contributed by atoms with Crippen molar-refractivity contribution in [1.29, 1.82) is 0 Å². The molecule has 0 radical (unpaired) electrons. The van der Waals surface area contributed by atoms with E-state index in [1.54, 1.807) is 6.92 Å². The molecule has 1 aromatic carbocycles. The van der Waals surface area contributed by atoms with Crippen LogP contribution in [0.15, 0.2) is 0 Å². The van der Waals surface area contributed by atoms with Crippen LogP contribution in [0.3, 0.4) is 0 Å². The van der Waals surface area contributed by atoms with E-state index in [0.29, 0.717) is 5.56 Å². The Bertz CT molecular complexity index is 532. The largest absolute Gasteiger partial charge is 0.481 e. The van der Waals surface area contributed by atoms with Crippen molar-refractivity contribution in [2.75, 3.05) is 6.54 Å². The molecule has 1 aromatic rings. The van der Waals surface area contributed by atoms with Gasteiger partial charge in [0.15, 0.2) is 0 Å². The quantitative estimate of drug-likeness (QED) is 0.889. The van der Waals surface area contributed by atoms with Gasteiger partial charge < -0.3 is 10.4 Å². The van der Waals surface area contributed by atoms with E-state index in [1.165, 1.54) is 5.56 Å². The van der Waals surface area contributed by atoms with Crippen LogP contribution >= 0.6 is 0 Å². The molecule has 0 aromatic heterocycles. The van der Waals surface area contributed by atoms with E-state index >= 15 is 0 Å². The Morgan fingerprint density at radius 2 is 1.35 bits per heavy atom. The van der Waals surface area contributed by atoms with Gasteiger partial charge in [-0.25, -0.2) is 0 Å². The lowest BCUT2D eigenvalue weighted by Gasteiger charge is -2.18. The molecule has 1 unspecified atom stereocenters. The summed E-state index contributed by atoms with van der Waals surface area (Å²) in [5, 5.41) is 11.6. The molecule has 0 aliphatic rings. The first-order chi connectivity index (χ1) is 9.18. The van der Waals surface area contributed by atoms with Gasteiger partial charge in [-0.2, -0.15) is 0 Å². The third-order valence-electron chi connectivity index (χ3n) is 4.22. The Labute approximate surface area is 120 Å². The third-order valence-corrected chi connectivity index (χ3v) is 4.22. The van der Waals surface area contributed by atoms with Crippen LogP contribution in [0.2, 0.25) is 0 Å². The fourth-order valence-electron chi connectivity index (χ4n) is 2.26. The van der Waals surface area contributed by atoms with Gasteiger partial charge >= 0.3 is 5.97 Å². The molecule has 20 heavy (non-hydrogen) atoms. The summed E-state index contributed by atoms with van der Waals surface area (Å²) in [6.45, 7) is 11.7. The summed E-state index contributed by atoms with van der Waals surface area (Å²) in [5.41, 5.74) is 6.03. The number of amides is 1. The Balaban J connectivity index is 3.08. The minimum absolute atomic E-state index is 0.138. The van der Waals surface area contributed by atoms with Gasteiger partial charge in [-0.3, -0.25) is 9.59 Å². The maximum Gasteiger partial charge on any atom is 0.308 e. The fraction of sp³-hybridized carbons (Fsp3) is 0.500. The van der Waals surface area contributed by atoms with E-state index < -0.39 is 11.9 Å². The zero-order chi connectivity index (χ0) is 15.6. The molecule has 110 valence electrons. The topological polar surface area (TPSA) is 66.4 Å². The van der Waals surface area contributed by atoms with Crippen LogP contribution in [0.5, 0.6) is 0 Å². The van der Waals surface area contributed by atoms with Crippen LogP contribution in [0.1, 0.15) is 45.1 Å². The van der Waals surface area contributed by atoms with Crippen LogP contribution in [0.4, 0.5) is 0 Å². The molecule has 0 fully saturated rings. The normalized spacial score (nSPS) is 12.1. The number of aliphatic carboxylic acids is 1. The number of carbonyl (C=O) groups is 2. The number of carbonyl (C=O) groups excluding carboxylic acids is 1. The zero-order valence-corrected chi connectivity index (χ0v) is 13.0. The highest BCUT2D eigenvalue weighted by molar-refractivity contribution is 5.98. The van der Waals surface area contributed by atoms with E-state index in [2.05, 4.69) is 12.2 Å². The lowest BCUT2D eigenvalue weighted by molar-refractivity contribution is -0.140. The minimum Gasteiger partial charge on any atom is -0.481 e. The first-order valence-corrected chi connectivity index (χ1v) is 6.76. The highest BCUT2D eigenvalue weighted by atomic mass is 16.4. The lowest BCUT2D eigenvalue weighted by Crippen LogP contribution is -2.32. The number of carboxylic acids is 1. The molecule has 0 heterocycles. The molecular formula is C16H23NO3. The summed E-state index contributed by atoms with van der Waals surface area (Å²) in [6, 6.07) is 0. The summed E-state index contributed by atoms with van der Waals surface area (Å²) in [4.78, 5) is 23.1. The minimum atomic E-state index is -0.907. The molecule has 0 spiro atoms. The number of hydrogen-bond acceptors (Lipinski definition) is 2. The number of carboxylic acid groups (broad SMARTS) is 1. The van der Waals surface area contributed by atoms with Crippen molar-refractivity contribution in [3.05, 3.63) is 33.4 Å². The Morgan fingerprint density at radius 1 is 0.950 bits per heavy atom. The second-order valence-corrected chi connectivity index (χ2v) is 5.45. The van der Waals surface area contributed by atoms with Crippen molar-refractivity contribution in [3.63, 3.8) is 0 Å². The van der Waals surface area contributed by atoms with Gasteiger partial charge in [0.05, 0.1) is 5.92 Å². The van der Waals surface area contributed by atoms with Gasteiger partial charge in [0.2, 0.25) is 0 Å². The maximum absolute atomic E-state index is 12.3. The van der Waals surface area contributed by atoms with E-state index in [1.807, 2.05) is 27.7 Å². The van der Waals surface area contributed by atoms with Crippen molar-refractivity contribution >= 4 is 11.9 Å². The van der Waals surface area contributed by atoms with E-state index in [0.717, 1.165) is 22.3 Å². The molecule has 1 amide bonds. The predicted molar refractivity (Wildman–Crippen MR) is 79.3 cm³/mol. The summed E-state index contributed by atoms with van der Waals surface area (Å²) >= 11 is 0. The second-order valence-electron chi connectivity index (χ2n) is 5.45.